The van der Waals surface area contributed by atoms with Crippen molar-refractivity contribution in [2.45, 2.75) is 11.8 Å². The molecule has 0 fully saturated rings. The van der Waals surface area contributed by atoms with E-state index in [1.54, 1.807) is 13.0 Å². The number of aliphatic carboxylic acids is 1. The molecule has 0 aliphatic rings. The van der Waals surface area contributed by atoms with Crippen LogP contribution in [0, 0.1) is 17.0 Å². The maximum atomic E-state index is 12.8. The van der Waals surface area contributed by atoms with Crippen molar-refractivity contribution in [2.24, 2.45) is 0 Å². The molecule has 0 saturated heterocycles. The van der Waals surface area contributed by atoms with Crippen molar-refractivity contribution in [2.75, 3.05) is 10.8 Å². The zero-order chi connectivity index (χ0) is 18.8. The Morgan fingerprint density at radius 2 is 1.96 bits per heavy atom. The summed E-state index contributed by atoms with van der Waals surface area (Å²) in [5.41, 5.74) is 0.316. The van der Waals surface area contributed by atoms with Crippen molar-refractivity contribution in [1.29, 1.82) is 0 Å². The average Bonchev–Trinajstić information content (AvgIpc) is 2.55. The van der Waals surface area contributed by atoms with Crippen LogP contribution in [0.2, 0.25) is 5.02 Å². The lowest BCUT2D eigenvalue weighted by Crippen LogP contribution is -2.35. The summed E-state index contributed by atoms with van der Waals surface area (Å²) in [7, 11) is -4.35. The van der Waals surface area contributed by atoms with Gasteiger partial charge in [0, 0.05) is 17.2 Å². The van der Waals surface area contributed by atoms with Gasteiger partial charge in [0.2, 0.25) is 0 Å². The van der Waals surface area contributed by atoms with Gasteiger partial charge in [-0.2, -0.15) is 0 Å². The van der Waals surface area contributed by atoms with Gasteiger partial charge in [-0.1, -0.05) is 23.7 Å². The molecule has 0 aliphatic heterocycles. The minimum Gasteiger partial charge on any atom is -0.480 e. The number of nitrogens with zero attached hydrogens (tertiary/aromatic N) is 2. The number of aryl methyl sites for hydroxylation is 1. The standard InChI is InChI=1S/C15H13ClN2O6S/c1-10-5-6-11(8-14(10)16)17(9-15(19)20)25(23,24)13-4-2-3-12(7-13)18(21)22/h2-8H,9H2,1H3,(H,19,20). The third kappa shape index (κ3) is 4.06. The Balaban J connectivity index is 2.59. The van der Waals surface area contributed by atoms with Crippen LogP contribution < -0.4 is 4.31 Å². The Morgan fingerprint density at radius 1 is 1.28 bits per heavy atom. The summed E-state index contributed by atoms with van der Waals surface area (Å²) in [6, 6.07) is 8.69. The summed E-state index contributed by atoms with van der Waals surface area (Å²) in [5.74, 6) is -1.38. The molecule has 0 aliphatic carbocycles. The quantitative estimate of drug-likeness (QED) is 0.604. The van der Waals surface area contributed by atoms with Gasteiger partial charge < -0.3 is 5.11 Å². The molecule has 2 aromatic rings. The van der Waals surface area contributed by atoms with E-state index in [0.29, 0.717) is 9.87 Å². The van der Waals surface area contributed by atoms with Crippen molar-refractivity contribution in [3.63, 3.8) is 0 Å². The van der Waals surface area contributed by atoms with Crippen LogP contribution in [0.4, 0.5) is 11.4 Å². The third-order valence-corrected chi connectivity index (χ3v) is 5.52. The topological polar surface area (TPSA) is 118 Å². The van der Waals surface area contributed by atoms with Gasteiger partial charge in [0.25, 0.3) is 15.7 Å². The molecular weight excluding hydrogens is 372 g/mol. The van der Waals surface area contributed by atoms with Gasteiger partial charge >= 0.3 is 5.97 Å². The number of rotatable bonds is 6. The van der Waals surface area contributed by atoms with E-state index in [2.05, 4.69) is 0 Å². The zero-order valence-electron chi connectivity index (χ0n) is 12.9. The van der Waals surface area contributed by atoms with E-state index in [4.69, 9.17) is 16.7 Å². The van der Waals surface area contributed by atoms with Crippen LogP contribution >= 0.6 is 11.6 Å². The highest BCUT2D eigenvalue weighted by molar-refractivity contribution is 7.92. The summed E-state index contributed by atoms with van der Waals surface area (Å²) < 4.78 is 26.3. The molecule has 132 valence electrons. The van der Waals surface area contributed by atoms with Gasteiger partial charge in [-0.05, 0) is 30.7 Å². The van der Waals surface area contributed by atoms with Gasteiger partial charge in [0.15, 0.2) is 0 Å². The molecule has 2 rings (SSSR count). The Labute approximate surface area is 148 Å². The van der Waals surface area contributed by atoms with Crippen LogP contribution in [0.25, 0.3) is 0 Å². The van der Waals surface area contributed by atoms with Crippen LogP contribution in [0.1, 0.15) is 5.56 Å². The number of carboxylic acid groups (broad SMARTS) is 1. The Kier molecular flexibility index (Phi) is 5.29. The zero-order valence-corrected chi connectivity index (χ0v) is 14.5. The largest absolute Gasteiger partial charge is 0.480 e. The minimum atomic E-state index is -4.35. The van der Waals surface area contributed by atoms with Crippen LogP contribution in [0.15, 0.2) is 47.4 Å². The first kappa shape index (κ1) is 18.7. The lowest BCUT2D eigenvalue weighted by atomic mass is 10.2. The number of sulfonamides is 1. The highest BCUT2D eigenvalue weighted by Crippen LogP contribution is 2.29. The van der Waals surface area contributed by atoms with Crippen molar-refractivity contribution < 1.29 is 23.2 Å². The summed E-state index contributed by atoms with van der Waals surface area (Å²) >= 11 is 6.00. The van der Waals surface area contributed by atoms with Crippen LogP contribution in [0.5, 0.6) is 0 Å². The molecule has 1 N–H and O–H groups in total. The van der Waals surface area contributed by atoms with Crippen LogP contribution in [-0.2, 0) is 14.8 Å². The lowest BCUT2D eigenvalue weighted by Gasteiger charge is -2.23. The first-order valence-corrected chi connectivity index (χ1v) is 8.70. The number of anilines is 1. The SMILES string of the molecule is Cc1ccc(N(CC(=O)O)S(=O)(=O)c2cccc([N+](=O)[O-])c2)cc1Cl. The number of halogens is 1. The molecule has 25 heavy (non-hydrogen) atoms. The third-order valence-electron chi connectivity index (χ3n) is 3.34. The maximum Gasteiger partial charge on any atom is 0.324 e. The summed E-state index contributed by atoms with van der Waals surface area (Å²) in [6.07, 6.45) is 0. The number of benzene rings is 2. The number of carbonyl (C=O) groups is 1. The maximum absolute atomic E-state index is 12.8. The normalized spacial score (nSPS) is 11.1. The van der Waals surface area contributed by atoms with Gasteiger partial charge in [-0.25, -0.2) is 8.42 Å². The fraction of sp³-hybridized carbons (Fsp3) is 0.133. The predicted octanol–water partition coefficient (Wildman–Crippen LogP) is 2.84. The summed E-state index contributed by atoms with van der Waals surface area (Å²) in [6.45, 7) is 0.854. The Hall–Kier alpha value is -2.65. The number of hydrogen-bond donors (Lipinski definition) is 1. The second kappa shape index (κ2) is 7.08. The van der Waals surface area contributed by atoms with Crippen LogP contribution in [-0.4, -0.2) is 31.0 Å². The number of nitro benzene ring substituents is 1. The van der Waals surface area contributed by atoms with E-state index in [-0.39, 0.29) is 15.6 Å². The second-order valence-corrected chi connectivity index (χ2v) is 7.36. The molecule has 0 saturated carbocycles. The highest BCUT2D eigenvalue weighted by Gasteiger charge is 2.28. The van der Waals surface area contributed by atoms with E-state index in [9.17, 15) is 23.3 Å². The summed E-state index contributed by atoms with van der Waals surface area (Å²) in [4.78, 5) is 20.9. The average molecular weight is 385 g/mol. The highest BCUT2D eigenvalue weighted by atomic mass is 35.5. The predicted molar refractivity (Wildman–Crippen MR) is 91.5 cm³/mol. The van der Waals surface area contributed by atoms with E-state index >= 15 is 0 Å². The molecule has 0 bridgehead atoms. The van der Waals surface area contributed by atoms with Crippen molar-refractivity contribution in [3.05, 3.63) is 63.2 Å². The lowest BCUT2D eigenvalue weighted by molar-refractivity contribution is -0.385. The van der Waals surface area contributed by atoms with Gasteiger partial charge in [-0.3, -0.25) is 19.2 Å². The molecule has 0 heterocycles. The molecule has 0 radical (unpaired) electrons. The molecule has 0 atom stereocenters. The molecule has 0 spiro atoms. The molecule has 0 amide bonds. The number of non-ortho nitro benzene ring substituents is 1. The molecule has 8 nitrogen and oxygen atoms in total. The minimum absolute atomic E-state index is 0.0458. The summed E-state index contributed by atoms with van der Waals surface area (Å²) in [5, 5.41) is 20.2. The van der Waals surface area contributed by atoms with Crippen molar-refractivity contribution in [1.82, 2.24) is 0 Å². The van der Waals surface area contributed by atoms with E-state index in [0.717, 1.165) is 18.2 Å². The monoisotopic (exact) mass is 384 g/mol. The van der Waals surface area contributed by atoms with Gasteiger partial charge in [0.1, 0.15) is 6.54 Å². The van der Waals surface area contributed by atoms with Gasteiger partial charge in [-0.15, -0.1) is 0 Å². The van der Waals surface area contributed by atoms with Crippen molar-refractivity contribution in [3.8, 4) is 0 Å². The number of nitro groups is 1. The Morgan fingerprint density at radius 3 is 2.52 bits per heavy atom. The fourth-order valence-corrected chi connectivity index (χ4v) is 3.68. The molecule has 0 aromatic heterocycles. The second-order valence-electron chi connectivity index (χ2n) is 5.09. The molecule has 0 unspecified atom stereocenters. The molecule has 2 aromatic carbocycles. The number of hydrogen-bond acceptors (Lipinski definition) is 5. The fourth-order valence-electron chi connectivity index (χ4n) is 2.06. The molecular formula is C15H13ClN2O6S. The van der Waals surface area contributed by atoms with Crippen molar-refractivity contribution >= 4 is 39.0 Å². The van der Waals surface area contributed by atoms with Gasteiger partial charge in [0.05, 0.1) is 15.5 Å². The number of carboxylic acids is 1. The first-order chi connectivity index (χ1) is 11.6. The smallest absolute Gasteiger partial charge is 0.324 e. The van der Waals surface area contributed by atoms with E-state index in [1.807, 2.05) is 0 Å². The van der Waals surface area contributed by atoms with E-state index in [1.165, 1.54) is 18.2 Å². The Bertz CT molecular complexity index is 945. The first-order valence-electron chi connectivity index (χ1n) is 6.88. The van der Waals surface area contributed by atoms with E-state index < -0.39 is 33.1 Å². The molecule has 10 heteroatoms. The van der Waals surface area contributed by atoms with Crippen LogP contribution in [0.3, 0.4) is 0 Å².